The van der Waals surface area contributed by atoms with Crippen molar-refractivity contribution in [1.82, 2.24) is 15.3 Å². The Morgan fingerprint density at radius 1 is 1.24 bits per heavy atom. The molecule has 148 valence electrons. The molecule has 2 N–H and O–H groups in total. The molecular formula is C21H18Cl2N4OS. The van der Waals surface area contributed by atoms with Crippen LogP contribution in [0.4, 0.5) is 0 Å². The van der Waals surface area contributed by atoms with Gasteiger partial charge in [0.25, 0.3) is 0 Å². The van der Waals surface area contributed by atoms with Crippen LogP contribution in [-0.4, -0.2) is 21.6 Å². The zero-order chi connectivity index (χ0) is 20.8. The summed E-state index contributed by atoms with van der Waals surface area (Å²) in [5.41, 5.74) is 3.38. The molecule has 1 atom stereocenters. The van der Waals surface area contributed by atoms with Crippen LogP contribution in [0.5, 0.6) is 0 Å². The molecule has 2 aromatic carbocycles. The Hall–Kier alpha value is -2.46. The number of nitrogens with one attached hydrogen (secondary N) is 2. The lowest BCUT2D eigenvalue weighted by Gasteiger charge is -2.11. The molecule has 0 aliphatic heterocycles. The summed E-state index contributed by atoms with van der Waals surface area (Å²) in [7, 11) is 0. The summed E-state index contributed by atoms with van der Waals surface area (Å²) >= 11 is 13.5. The molecule has 29 heavy (non-hydrogen) atoms. The Kier molecular flexibility index (Phi) is 7.21. The lowest BCUT2D eigenvalue weighted by atomic mass is 10.2. The second-order valence-electron chi connectivity index (χ2n) is 6.40. The van der Waals surface area contributed by atoms with E-state index in [1.807, 2.05) is 25.1 Å². The van der Waals surface area contributed by atoms with Crippen molar-refractivity contribution in [1.29, 1.82) is 5.26 Å². The third-order valence-electron chi connectivity index (χ3n) is 4.20. The van der Waals surface area contributed by atoms with Gasteiger partial charge in [0.1, 0.15) is 5.82 Å². The number of nitrogens with zero attached hydrogens (tertiary/aromatic N) is 2. The predicted molar refractivity (Wildman–Crippen MR) is 118 cm³/mol. The first kappa shape index (κ1) is 21.3. The van der Waals surface area contributed by atoms with Crippen molar-refractivity contribution in [3.05, 3.63) is 75.7 Å². The summed E-state index contributed by atoms with van der Waals surface area (Å²) in [4.78, 5) is 19.8. The highest BCUT2D eigenvalue weighted by Gasteiger charge is 2.14. The van der Waals surface area contributed by atoms with Crippen molar-refractivity contribution in [3.8, 4) is 17.3 Å². The molecule has 0 fully saturated rings. The number of thioether (sulfide) groups is 1. The van der Waals surface area contributed by atoms with Gasteiger partial charge in [-0.15, -0.1) is 11.8 Å². The molecule has 0 aliphatic carbocycles. The van der Waals surface area contributed by atoms with Gasteiger partial charge in [0.05, 0.1) is 45.4 Å². The fourth-order valence-electron chi connectivity index (χ4n) is 2.66. The fourth-order valence-corrected chi connectivity index (χ4v) is 3.75. The number of aromatic amines is 1. The molecule has 8 heteroatoms. The largest absolute Gasteiger partial charge is 0.346 e. The van der Waals surface area contributed by atoms with Crippen molar-refractivity contribution in [2.75, 3.05) is 5.75 Å². The van der Waals surface area contributed by atoms with E-state index in [0.29, 0.717) is 32.9 Å². The summed E-state index contributed by atoms with van der Waals surface area (Å²) < 4.78 is 0. The van der Waals surface area contributed by atoms with E-state index < -0.39 is 0 Å². The Labute approximate surface area is 183 Å². The highest BCUT2D eigenvalue weighted by Crippen LogP contribution is 2.28. The Bertz CT molecular complexity index is 1040. The fraction of sp³-hybridized carbons (Fsp3) is 0.190. The second-order valence-corrected chi connectivity index (χ2v) is 8.20. The zero-order valence-corrected chi connectivity index (χ0v) is 17.9. The minimum Gasteiger partial charge on any atom is -0.346 e. The number of H-pyrrole nitrogens is 1. The smallest absolute Gasteiger partial charge is 0.230 e. The monoisotopic (exact) mass is 444 g/mol. The van der Waals surface area contributed by atoms with E-state index in [1.165, 1.54) is 11.8 Å². The Balaban J connectivity index is 1.51. The third-order valence-corrected chi connectivity index (χ3v) is 5.94. The molecule has 3 rings (SSSR count). The van der Waals surface area contributed by atoms with Gasteiger partial charge in [-0.25, -0.2) is 4.98 Å². The maximum Gasteiger partial charge on any atom is 0.230 e. The van der Waals surface area contributed by atoms with Gasteiger partial charge in [0, 0.05) is 11.3 Å². The number of hydrogen-bond acceptors (Lipinski definition) is 4. The average Bonchev–Trinajstić information content (AvgIpc) is 3.21. The molecule has 0 bridgehead atoms. The number of aromatic nitrogens is 2. The van der Waals surface area contributed by atoms with Crippen molar-refractivity contribution in [2.24, 2.45) is 0 Å². The molecule has 3 aromatic rings. The molecule has 0 aliphatic rings. The van der Waals surface area contributed by atoms with E-state index in [4.69, 9.17) is 28.5 Å². The first-order chi connectivity index (χ1) is 14.0. The zero-order valence-electron chi connectivity index (χ0n) is 15.6. The third kappa shape index (κ3) is 5.77. The molecule has 1 aromatic heterocycles. The SMILES string of the molecule is C[C@@H](NC(=O)CSCc1ccc(C#N)cc1)c1ncc(-c2ccc(Cl)c(Cl)c2)[nH]1. The number of rotatable bonds is 7. The molecule has 0 spiro atoms. The number of hydrogen-bond donors (Lipinski definition) is 2. The average molecular weight is 445 g/mol. The number of nitriles is 1. The second kappa shape index (κ2) is 9.84. The number of imidazole rings is 1. The van der Waals surface area contributed by atoms with Crippen LogP contribution in [-0.2, 0) is 10.5 Å². The van der Waals surface area contributed by atoms with Crippen LogP contribution in [0.1, 0.15) is 29.9 Å². The maximum absolute atomic E-state index is 12.2. The van der Waals surface area contributed by atoms with Gasteiger partial charge in [-0.2, -0.15) is 5.26 Å². The highest BCUT2D eigenvalue weighted by atomic mass is 35.5. The summed E-state index contributed by atoms with van der Waals surface area (Å²) in [5.74, 6) is 1.64. The number of amides is 1. The van der Waals surface area contributed by atoms with Gasteiger partial charge in [-0.3, -0.25) is 4.79 Å². The summed E-state index contributed by atoms with van der Waals surface area (Å²) in [6.45, 7) is 1.88. The molecule has 0 saturated carbocycles. The number of benzene rings is 2. The van der Waals surface area contributed by atoms with Gasteiger partial charge in [-0.1, -0.05) is 41.4 Å². The predicted octanol–water partition coefficient (Wildman–Crippen LogP) is 5.37. The molecule has 0 saturated heterocycles. The van der Waals surface area contributed by atoms with E-state index >= 15 is 0 Å². The van der Waals surface area contributed by atoms with E-state index in [0.717, 1.165) is 16.8 Å². The quantitative estimate of drug-likeness (QED) is 0.513. The van der Waals surface area contributed by atoms with Crippen LogP contribution in [0.25, 0.3) is 11.3 Å². The van der Waals surface area contributed by atoms with E-state index in [1.54, 1.807) is 30.5 Å². The van der Waals surface area contributed by atoms with Gasteiger partial charge in [0.15, 0.2) is 0 Å². The van der Waals surface area contributed by atoms with Crippen molar-refractivity contribution in [3.63, 3.8) is 0 Å². The van der Waals surface area contributed by atoms with E-state index in [-0.39, 0.29) is 11.9 Å². The molecule has 1 amide bonds. The van der Waals surface area contributed by atoms with Crippen molar-refractivity contribution < 1.29 is 4.79 Å². The van der Waals surface area contributed by atoms with Crippen LogP contribution in [0, 0.1) is 11.3 Å². The minimum atomic E-state index is -0.255. The van der Waals surface area contributed by atoms with Crippen LogP contribution >= 0.6 is 35.0 Å². The summed E-state index contributed by atoms with van der Waals surface area (Å²) in [6, 6.07) is 14.6. The Morgan fingerprint density at radius 2 is 2.00 bits per heavy atom. The summed E-state index contributed by atoms with van der Waals surface area (Å²) in [6.07, 6.45) is 1.71. The maximum atomic E-state index is 12.2. The van der Waals surface area contributed by atoms with Crippen molar-refractivity contribution in [2.45, 2.75) is 18.7 Å². The van der Waals surface area contributed by atoms with Crippen LogP contribution < -0.4 is 5.32 Å². The lowest BCUT2D eigenvalue weighted by molar-refractivity contribution is -0.119. The standard InChI is InChI=1S/C21H18Cl2N4OS/c1-13(21-25-10-19(27-21)16-6-7-17(22)18(23)8-16)26-20(28)12-29-11-15-4-2-14(9-24)3-5-15/h2-8,10,13H,11-12H2,1H3,(H,25,27)(H,26,28)/t13-/m1/s1. The highest BCUT2D eigenvalue weighted by molar-refractivity contribution is 7.99. The first-order valence-electron chi connectivity index (χ1n) is 8.82. The van der Waals surface area contributed by atoms with E-state index in [2.05, 4.69) is 21.4 Å². The molecule has 1 heterocycles. The molecule has 0 unspecified atom stereocenters. The van der Waals surface area contributed by atoms with Gasteiger partial charge in [-0.05, 0) is 36.8 Å². The van der Waals surface area contributed by atoms with Gasteiger partial charge < -0.3 is 10.3 Å². The molecule has 0 radical (unpaired) electrons. The van der Waals surface area contributed by atoms with Gasteiger partial charge in [0.2, 0.25) is 5.91 Å². The number of carbonyl (C=O) groups excluding carboxylic acids is 1. The first-order valence-corrected chi connectivity index (χ1v) is 10.7. The number of carbonyl (C=O) groups is 1. The van der Waals surface area contributed by atoms with Gasteiger partial charge >= 0.3 is 0 Å². The molecular weight excluding hydrogens is 427 g/mol. The van der Waals surface area contributed by atoms with Crippen LogP contribution in [0.2, 0.25) is 10.0 Å². The van der Waals surface area contributed by atoms with Crippen LogP contribution in [0.15, 0.2) is 48.7 Å². The normalized spacial score (nSPS) is 11.7. The minimum absolute atomic E-state index is 0.0661. The van der Waals surface area contributed by atoms with Crippen LogP contribution in [0.3, 0.4) is 0 Å². The van der Waals surface area contributed by atoms with Crippen molar-refractivity contribution >= 4 is 40.9 Å². The molecule has 5 nitrogen and oxygen atoms in total. The van der Waals surface area contributed by atoms with E-state index in [9.17, 15) is 4.79 Å². The number of halogens is 2. The Morgan fingerprint density at radius 3 is 2.69 bits per heavy atom. The lowest BCUT2D eigenvalue weighted by Crippen LogP contribution is -2.28. The summed E-state index contributed by atoms with van der Waals surface area (Å²) in [5, 5.41) is 12.7. The topological polar surface area (TPSA) is 81.6 Å².